The molecule has 29 heavy (non-hydrogen) atoms. The molecule has 1 saturated heterocycles. The van der Waals surface area contributed by atoms with Crippen molar-refractivity contribution in [1.82, 2.24) is 9.88 Å². The minimum atomic E-state index is -1.44. The predicted octanol–water partition coefficient (Wildman–Crippen LogP) is 3.36. The second kappa shape index (κ2) is 6.82. The van der Waals surface area contributed by atoms with Crippen LogP contribution in [0.5, 0.6) is 0 Å². The van der Waals surface area contributed by atoms with Crippen molar-refractivity contribution in [2.75, 3.05) is 18.4 Å². The Hall–Kier alpha value is -1.90. The molecule has 1 aromatic heterocycles. The third-order valence-electron chi connectivity index (χ3n) is 6.25. The van der Waals surface area contributed by atoms with E-state index in [4.69, 9.17) is 11.6 Å². The first-order chi connectivity index (χ1) is 13.3. The number of aromatic nitrogens is 1. The highest BCUT2D eigenvalue weighted by molar-refractivity contribution is 6.38. The summed E-state index contributed by atoms with van der Waals surface area (Å²) in [4.78, 5) is 24.0. The number of hydrogen-bond acceptors (Lipinski definition) is 4. The molecule has 6 nitrogen and oxygen atoms in total. The average molecular weight is 446 g/mol. The largest absolute Gasteiger partial charge is 0.477 e. The maximum absolute atomic E-state index is 14.9. The number of halogens is 4. The van der Waals surface area contributed by atoms with Crippen LogP contribution in [0.1, 0.15) is 35.7 Å². The summed E-state index contributed by atoms with van der Waals surface area (Å²) in [6.07, 6.45) is 2.25. The first-order valence-electron chi connectivity index (χ1n) is 9.24. The zero-order valence-corrected chi connectivity index (χ0v) is 16.7. The summed E-state index contributed by atoms with van der Waals surface area (Å²) in [7, 11) is 0. The van der Waals surface area contributed by atoms with Gasteiger partial charge in [-0.1, -0.05) is 11.6 Å². The van der Waals surface area contributed by atoms with Gasteiger partial charge in [0.2, 0.25) is 5.43 Å². The number of carboxylic acids is 1. The van der Waals surface area contributed by atoms with Crippen LogP contribution in [0.3, 0.4) is 0 Å². The summed E-state index contributed by atoms with van der Waals surface area (Å²) in [5.41, 5.74) is -1.02. The number of nitrogens with zero attached hydrogens (tertiary/aromatic N) is 1. The highest BCUT2D eigenvalue weighted by Gasteiger charge is 2.52. The molecule has 1 aromatic carbocycles. The highest BCUT2D eigenvalue weighted by Crippen LogP contribution is 2.52. The Morgan fingerprint density at radius 3 is 2.69 bits per heavy atom. The van der Waals surface area contributed by atoms with Crippen LogP contribution in [0, 0.1) is 11.2 Å². The summed E-state index contributed by atoms with van der Waals surface area (Å²) >= 11 is 6.51. The van der Waals surface area contributed by atoms with E-state index in [2.05, 4.69) is 10.6 Å². The lowest BCUT2D eigenvalue weighted by molar-refractivity contribution is 0.0694. The van der Waals surface area contributed by atoms with Crippen LogP contribution in [-0.2, 0) is 0 Å². The summed E-state index contributed by atoms with van der Waals surface area (Å²) in [5.74, 6) is -2.16. The van der Waals surface area contributed by atoms with Gasteiger partial charge >= 0.3 is 5.97 Å². The third kappa shape index (κ3) is 3.08. The van der Waals surface area contributed by atoms with Crippen LogP contribution in [0.15, 0.2) is 17.1 Å². The standard InChI is InChI=1S/C19H18ClF2N3O3.ClH/c20-14-15(24-13-5-23-7-19(13)1-2-19)11(22)3-8-16(14)25(12-4-10(12)21)6-9(17(8)26)18(27)28;/h3,6,10,12-13,23-24H,1-2,4-5,7H2,(H,27,28);1H/t10-,12+,13+;/m0./s1. The molecule has 0 bridgehead atoms. The van der Waals surface area contributed by atoms with Crippen LogP contribution in [0.25, 0.3) is 10.9 Å². The fourth-order valence-corrected chi connectivity index (χ4v) is 4.64. The Bertz CT molecular complexity index is 1090. The van der Waals surface area contributed by atoms with E-state index in [1.165, 1.54) is 4.57 Å². The number of nitrogens with one attached hydrogen (secondary N) is 2. The average Bonchev–Trinajstić information content (AvgIpc) is 3.52. The first-order valence-corrected chi connectivity index (χ1v) is 9.62. The van der Waals surface area contributed by atoms with Crippen molar-refractivity contribution in [1.29, 1.82) is 0 Å². The monoisotopic (exact) mass is 445 g/mol. The maximum atomic E-state index is 14.9. The van der Waals surface area contributed by atoms with Crippen LogP contribution in [0.2, 0.25) is 5.02 Å². The number of carboxylic acid groups (broad SMARTS) is 1. The molecule has 1 spiro atoms. The smallest absolute Gasteiger partial charge is 0.341 e. The summed E-state index contributed by atoms with van der Waals surface area (Å²) in [6.45, 7) is 1.53. The quantitative estimate of drug-likeness (QED) is 0.671. The van der Waals surface area contributed by atoms with Gasteiger partial charge in [-0.3, -0.25) is 4.79 Å². The molecule has 156 valence electrons. The molecule has 2 aliphatic carbocycles. The van der Waals surface area contributed by atoms with E-state index >= 15 is 0 Å². The molecule has 1 aliphatic heterocycles. The van der Waals surface area contributed by atoms with E-state index < -0.39 is 35.0 Å². The highest BCUT2D eigenvalue weighted by atomic mass is 35.5. The second-order valence-electron chi connectivity index (χ2n) is 8.04. The van der Waals surface area contributed by atoms with Gasteiger partial charge in [0.15, 0.2) is 0 Å². The van der Waals surface area contributed by atoms with Gasteiger partial charge in [-0.05, 0) is 18.9 Å². The molecule has 3 N–H and O–H groups in total. The van der Waals surface area contributed by atoms with Gasteiger partial charge in [-0.25, -0.2) is 13.6 Å². The molecule has 3 atom stereocenters. The number of anilines is 1. The summed E-state index contributed by atoms with van der Waals surface area (Å²) in [5, 5.41) is 15.6. The molecule has 10 heteroatoms. The van der Waals surface area contributed by atoms with Crippen LogP contribution in [0.4, 0.5) is 14.5 Å². The molecular formula is C19H19Cl2F2N3O3. The Labute approximate surface area is 175 Å². The molecule has 2 heterocycles. The Morgan fingerprint density at radius 2 is 2.10 bits per heavy atom. The van der Waals surface area contributed by atoms with Gasteiger partial charge in [0, 0.05) is 37.2 Å². The van der Waals surface area contributed by atoms with Gasteiger partial charge in [-0.2, -0.15) is 0 Å². The zero-order chi connectivity index (χ0) is 19.8. The minimum Gasteiger partial charge on any atom is -0.477 e. The normalized spacial score (nSPS) is 26.4. The third-order valence-corrected chi connectivity index (χ3v) is 6.62. The van der Waals surface area contributed by atoms with Gasteiger partial charge in [0.05, 0.1) is 27.7 Å². The number of alkyl halides is 1. The zero-order valence-electron chi connectivity index (χ0n) is 15.2. The van der Waals surface area contributed by atoms with Gasteiger partial charge < -0.3 is 20.3 Å². The lowest BCUT2D eigenvalue weighted by Crippen LogP contribution is -2.30. The van der Waals surface area contributed by atoms with E-state index in [1.807, 2.05) is 0 Å². The molecule has 0 unspecified atom stereocenters. The van der Waals surface area contributed by atoms with Crippen molar-refractivity contribution >= 4 is 46.6 Å². The number of pyridine rings is 1. The van der Waals surface area contributed by atoms with Crippen LogP contribution in [-0.4, -0.2) is 40.9 Å². The second-order valence-corrected chi connectivity index (χ2v) is 8.42. The van der Waals surface area contributed by atoms with Crippen molar-refractivity contribution in [2.24, 2.45) is 5.41 Å². The first kappa shape index (κ1) is 20.4. The van der Waals surface area contributed by atoms with Crippen molar-refractivity contribution in [2.45, 2.75) is 37.5 Å². The number of aromatic carboxylic acids is 1. The molecule has 3 aliphatic rings. The molecule has 2 saturated carbocycles. The summed E-state index contributed by atoms with van der Waals surface area (Å²) < 4.78 is 30.1. The number of fused-ring (bicyclic) bond motifs is 1. The van der Waals surface area contributed by atoms with E-state index in [9.17, 15) is 23.5 Å². The number of rotatable bonds is 4. The van der Waals surface area contributed by atoms with Gasteiger partial charge in [0.1, 0.15) is 17.6 Å². The van der Waals surface area contributed by atoms with Crippen LogP contribution < -0.4 is 16.1 Å². The molecular weight excluding hydrogens is 427 g/mol. The van der Waals surface area contributed by atoms with Crippen LogP contribution >= 0.6 is 24.0 Å². The lowest BCUT2D eigenvalue weighted by atomic mass is 10.00. The molecule has 3 fully saturated rings. The maximum Gasteiger partial charge on any atom is 0.341 e. The number of benzene rings is 1. The Morgan fingerprint density at radius 1 is 1.41 bits per heavy atom. The van der Waals surface area contributed by atoms with E-state index in [0.29, 0.717) is 6.54 Å². The van der Waals surface area contributed by atoms with Crippen molar-refractivity contribution in [3.05, 3.63) is 38.9 Å². The number of hydrogen-bond donors (Lipinski definition) is 3. The van der Waals surface area contributed by atoms with Gasteiger partial charge in [-0.15, -0.1) is 12.4 Å². The van der Waals surface area contributed by atoms with E-state index in [-0.39, 0.29) is 51.9 Å². The van der Waals surface area contributed by atoms with Crippen molar-refractivity contribution in [3.8, 4) is 0 Å². The Balaban J connectivity index is 0.00000205. The van der Waals surface area contributed by atoms with Crippen molar-refractivity contribution in [3.63, 3.8) is 0 Å². The Kier molecular flexibility index (Phi) is 4.79. The molecule has 0 amide bonds. The predicted molar refractivity (Wildman–Crippen MR) is 108 cm³/mol. The number of carbonyl (C=O) groups is 1. The van der Waals surface area contributed by atoms with E-state index in [1.54, 1.807) is 0 Å². The lowest BCUT2D eigenvalue weighted by Gasteiger charge is -2.23. The molecule has 0 radical (unpaired) electrons. The van der Waals surface area contributed by atoms with Gasteiger partial charge in [0.25, 0.3) is 0 Å². The minimum absolute atomic E-state index is 0. The van der Waals surface area contributed by atoms with E-state index in [0.717, 1.165) is 31.6 Å². The SMILES string of the molecule is Cl.O=C(O)c1cn([C@@H]2C[C@@H]2F)c2c(Cl)c(N[C@@H]3CNCC34CC4)c(F)cc2c1=O. The fourth-order valence-electron chi connectivity index (χ4n) is 4.30. The fraction of sp³-hybridized carbons (Fsp3) is 0.474. The molecule has 5 rings (SSSR count). The topological polar surface area (TPSA) is 83.4 Å². The summed E-state index contributed by atoms with van der Waals surface area (Å²) in [6, 6.07) is 0.400. The molecule has 2 aromatic rings. The van der Waals surface area contributed by atoms with Crippen molar-refractivity contribution < 1.29 is 18.7 Å².